The van der Waals surface area contributed by atoms with Crippen LogP contribution in [-0.2, 0) is 20.1 Å². The molecule has 0 spiro atoms. The Morgan fingerprint density at radius 2 is 1.93 bits per heavy atom. The number of carboxylic acids is 1. The molecule has 0 bridgehead atoms. The number of aliphatic carboxylic acids is 1. The van der Waals surface area contributed by atoms with Gasteiger partial charge in [0.15, 0.2) is 5.75 Å². The topological polar surface area (TPSA) is 133 Å². The van der Waals surface area contributed by atoms with Gasteiger partial charge in [-0.3, -0.25) is 24.7 Å². The number of hydrogen-bond donors (Lipinski definition) is 2. The van der Waals surface area contributed by atoms with Crippen molar-refractivity contribution in [3.63, 3.8) is 0 Å². The third kappa shape index (κ3) is 5.41. The molecule has 3 rings (SSSR count). The van der Waals surface area contributed by atoms with Crippen molar-refractivity contribution in [1.82, 2.24) is 10.2 Å². The molecule has 0 aromatic heterocycles. The van der Waals surface area contributed by atoms with E-state index in [0.29, 0.717) is 31.5 Å². The van der Waals surface area contributed by atoms with Crippen LogP contribution >= 0.6 is 0 Å². The van der Waals surface area contributed by atoms with E-state index in [1.807, 2.05) is 0 Å². The number of hydrogen-bond acceptors (Lipinski definition) is 7. The fourth-order valence-electron chi connectivity index (χ4n) is 3.61. The van der Waals surface area contributed by atoms with Gasteiger partial charge in [0.1, 0.15) is 0 Å². The smallest absolute Gasteiger partial charge is 0.480 e. The molecule has 2 aliphatic heterocycles. The Balaban J connectivity index is 1.84. The molecule has 158 valence electrons. The molecule has 0 aliphatic carbocycles. The molecule has 1 aromatic carbocycles. The molecule has 2 aliphatic rings. The van der Waals surface area contributed by atoms with Gasteiger partial charge in [0.05, 0.1) is 6.54 Å². The Bertz CT molecular complexity index is 929. The van der Waals surface area contributed by atoms with Crippen LogP contribution in [-0.4, -0.2) is 62.5 Å². The number of benzene rings is 1. The van der Waals surface area contributed by atoms with Gasteiger partial charge in [0, 0.05) is 24.7 Å². The summed E-state index contributed by atoms with van der Waals surface area (Å²) in [5, 5.41) is 11.0. The van der Waals surface area contributed by atoms with E-state index in [-0.39, 0.29) is 36.9 Å². The first-order chi connectivity index (χ1) is 13.6. The normalized spacial score (nSPS) is 19.1. The van der Waals surface area contributed by atoms with E-state index in [9.17, 15) is 26.7 Å². The predicted octanol–water partition coefficient (Wildman–Crippen LogP) is 0.990. The van der Waals surface area contributed by atoms with E-state index in [1.54, 1.807) is 17.0 Å². The fraction of sp³-hybridized carbons (Fsp3) is 0.471. The molecule has 1 aromatic rings. The zero-order valence-corrected chi connectivity index (χ0v) is 16.2. The highest BCUT2D eigenvalue weighted by Gasteiger charge is 2.29. The third-order valence-electron chi connectivity index (χ3n) is 4.94. The number of amides is 3. The summed E-state index contributed by atoms with van der Waals surface area (Å²) in [5.41, 5.74) is 0.721. The van der Waals surface area contributed by atoms with Crippen molar-refractivity contribution in [2.24, 2.45) is 0 Å². The van der Waals surface area contributed by atoms with Gasteiger partial charge in [0.25, 0.3) is 0 Å². The van der Waals surface area contributed by atoms with Crippen molar-refractivity contribution in [3.8, 4) is 5.75 Å². The lowest BCUT2D eigenvalue weighted by molar-refractivity contribution is -0.138. The van der Waals surface area contributed by atoms with Crippen LogP contribution in [0.5, 0.6) is 5.75 Å². The number of carbonyl (C=O) groups excluding carboxylic acids is 2. The van der Waals surface area contributed by atoms with Gasteiger partial charge >= 0.3 is 22.5 Å². The van der Waals surface area contributed by atoms with Crippen LogP contribution < -0.4 is 14.4 Å². The molecule has 29 heavy (non-hydrogen) atoms. The van der Waals surface area contributed by atoms with Crippen LogP contribution in [0.15, 0.2) is 18.2 Å². The molecular formula is C17H20FN3O7S. The molecule has 2 N–H and O–H groups in total. The Morgan fingerprint density at radius 3 is 2.52 bits per heavy atom. The van der Waals surface area contributed by atoms with E-state index in [2.05, 4.69) is 9.50 Å². The van der Waals surface area contributed by atoms with Gasteiger partial charge in [-0.15, -0.1) is 0 Å². The first kappa shape index (κ1) is 21.0. The maximum Gasteiger partial charge on any atom is 0.488 e. The summed E-state index contributed by atoms with van der Waals surface area (Å²) in [6, 6.07) is 3.74. The number of imide groups is 1. The highest BCUT2D eigenvalue weighted by atomic mass is 32.3. The maximum absolute atomic E-state index is 13.3. The molecule has 2 saturated heterocycles. The van der Waals surface area contributed by atoms with Gasteiger partial charge in [-0.2, -0.15) is 8.42 Å². The summed E-state index contributed by atoms with van der Waals surface area (Å²) in [6.07, 6.45) is 1.15. The van der Waals surface area contributed by atoms with Crippen LogP contribution in [0.3, 0.4) is 0 Å². The van der Waals surface area contributed by atoms with Crippen molar-refractivity contribution in [1.29, 1.82) is 0 Å². The number of halogens is 1. The molecule has 2 heterocycles. The number of nitrogens with one attached hydrogen (secondary N) is 1. The van der Waals surface area contributed by atoms with E-state index >= 15 is 0 Å². The van der Waals surface area contributed by atoms with Gasteiger partial charge in [-0.05, 0) is 43.5 Å². The van der Waals surface area contributed by atoms with Crippen molar-refractivity contribution >= 4 is 34.1 Å². The minimum Gasteiger partial charge on any atom is -0.480 e. The first-order valence-electron chi connectivity index (χ1n) is 8.96. The first-order valence-corrected chi connectivity index (χ1v) is 10.3. The van der Waals surface area contributed by atoms with Crippen LogP contribution in [0.1, 0.15) is 30.7 Å². The zero-order valence-electron chi connectivity index (χ0n) is 15.3. The summed E-state index contributed by atoms with van der Waals surface area (Å²) in [6.45, 7) is 0.977. The van der Waals surface area contributed by atoms with Crippen LogP contribution in [0.2, 0.25) is 0 Å². The number of urea groups is 1. The van der Waals surface area contributed by atoms with E-state index in [1.165, 1.54) is 11.0 Å². The van der Waals surface area contributed by atoms with Crippen LogP contribution in [0.4, 0.5) is 14.4 Å². The van der Waals surface area contributed by atoms with Crippen molar-refractivity contribution in [2.45, 2.75) is 25.2 Å². The highest BCUT2D eigenvalue weighted by Crippen LogP contribution is 2.37. The van der Waals surface area contributed by atoms with Gasteiger partial charge < -0.3 is 9.29 Å². The minimum atomic E-state index is -5.30. The Hall–Kier alpha value is -2.73. The largest absolute Gasteiger partial charge is 0.488 e. The highest BCUT2D eigenvalue weighted by molar-refractivity contribution is 7.81. The number of likely N-dealkylation sites (tertiary alicyclic amines) is 1. The molecule has 12 heteroatoms. The maximum atomic E-state index is 13.3. The monoisotopic (exact) mass is 429 g/mol. The summed E-state index contributed by atoms with van der Waals surface area (Å²) in [5.74, 6) is -1.74. The lowest BCUT2D eigenvalue weighted by Gasteiger charge is -2.32. The fourth-order valence-corrected chi connectivity index (χ4v) is 3.97. The molecule has 0 radical (unpaired) electrons. The summed E-state index contributed by atoms with van der Waals surface area (Å²) < 4.78 is 40.0. The average molecular weight is 429 g/mol. The standard InChI is InChI=1S/C17H20FN3O7S/c18-29(26,27)28-14-9-12(21-8-5-15(22)19-17(21)25)1-2-13(14)11-3-6-20(7-4-11)10-16(23)24/h1-2,9,11H,3-8,10H2,(H,23,24)(H,19,22,25). The number of piperidine rings is 1. The van der Waals surface area contributed by atoms with Crippen LogP contribution in [0.25, 0.3) is 0 Å². The van der Waals surface area contributed by atoms with E-state index in [0.717, 1.165) is 0 Å². The Morgan fingerprint density at radius 1 is 1.24 bits per heavy atom. The molecule has 0 unspecified atom stereocenters. The van der Waals surface area contributed by atoms with Gasteiger partial charge in [0.2, 0.25) is 5.91 Å². The van der Waals surface area contributed by atoms with Crippen molar-refractivity contribution in [2.75, 3.05) is 31.1 Å². The predicted molar refractivity (Wildman–Crippen MR) is 98.7 cm³/mol. The zero-order chi connectivity index (χ0) is 21.2. The van der Waals surface area contributed by atoms with E-state index in [4.69, 9.17) is 5.11 Å². The molecule has 3 amide bonds. The van der Waals surface area contributed by atoms with Gasteiger partial charge in [-0.25, -0.2) is 4.79 Å². The SMILES string of the molecule is O=C(O)CN1CCC(c2ccc(N3CCC(=O)NC3=O)cc2OS(=O)(=O)F)CC1. The quantitative estimate of drug-likeness (QED) is 0.640. The lowest BCUT2D eigenvalue weighted by Crippen LogP contribution is -2.49. The average Bonchev–Trinajstić information content (AvgIpc) is 2.61. The van der Waals surface area contributed by atoms with Gasteiger partial charge in [-0.1, -0.05) is 9.95 Å². The number of carboxylic acid groups (broad SMARTS) is 1. The van der Waals surface area contributed by atoms with Crippen LogP contribution in [0, 0.1) is 0 Å². The second-order valence-electron chi connectivity index (χ2n) is 6.90. The summed E-state index contributed by atoms with van der Waals surface area (Å²) in [4.78, 5) is 37.2. The second kappa shape index (κ2) is 8.33. The molecule has 0 atom stereocenters. The summed E-state index contributed by atoms with van der Waals surface area (Å²) >= 11 is 0. The number of rotatable bonds is 6. The summed E-state index contributed by atoms with van der Waals surface area (Å²) in [7, 11) is -5.30. The Kier molecular flexibility index (Phi) is 6.03. The minimum absolute atomic E-state index is 0.0765. The molecular weight excluding hydrogens is 409 g/mol. The number of anilines is 1. The second-order valence-corrected chi connectivity index (χ2v) is 7.85. The van der Waals surface area contributed by atoms with Crippen molar-refractivity contribution < 1.29 is 36.0 Å². The molecule has 2 fully saturated rings. The third-order valence-corrected chi connectivity index (χ3v) is 5.32. The Labute approximate surface area is 166 Å². The lowest BCUT2D eigenvalue weighted by atomic mass is 9.88. The molecule has 10 nitrogen and oxygen atoms in total. The number of nitrogens with zero attached hydrogens (tertiary/aromatic N) is 2. The number of carbonyl (C=O) groups is 3. The van der Waals surface area contributed by atoms with E-state index < -0.39 is 28.4 Å². The molecule has 0 saturated carbocycles. The van der Waals surface area contributed by atoms with Crippen molar-refractivity contribution in [3.05, 3.63) is 23.8 Å².